The summed E-state index contributed by atoms with van der Waals surface area (Å²) in [5, 5.41) is 5.36. The summed E-state index contributed by atoms with van der Waals surface area (Å²) in [4.78, 5) is 17.0. The average Bonchev–Trinajstić information content (AvgIpc) is 2.83. The predicted molar refractivity (Wildman–Crippen MR) is 135 cm³/mol. The van der Waals surface area contributed by atoms with Crippen LogP contribution in [0.5, 0.6) is 0 Å². The number of fused-ring (bicyclic) bond motifs is 1. The Bertz CT molecular complexity index is 1480. The first-order chi connectivity index (χ1) is 16.3. The molecule has 172 valence electrons. The monoisotopic (exact) mass is 512 g/mol. The zero-order valence-electron chi connectivity index (χ0n) is 17.6. The maximum atomic E-state index is 13.3. The highest BCUT2D eigenvalue weighted by Gasteiger charge is 2.27. The summed E-state index contributed by atoms with van der Waals surface area (Å²) >= 11 is 12.3. The number of aromatic nitrogens is 1. The highest BCUT2D eigenvalue weighted by atomic mass is 35.5. The molecular formula is C24H18Cl2N4O3S. The number of sulfonamides is 1. The van der Waals surface area contributed by atoms with Gasteiger partial charge in [-0.2, -0.15) is 5.10 Å². The van der Waals surface area contributed by atoms with Crippen molar-refractivity contribution in [3.05, 3.63) is 101 Å². The van der Waals surface area contributed by atoms with E-state index in [2.05, 4.69) is 15.5 Å². The van der Waals surface area contributed by atoms with E-state index in [1.807, 2.05) is 24.3 Å². The fraction of sp³-hybridized carbons (Fsp3) is 0.0417. The molecule has 4 aromatic rings. The smallest absolute Gasteiger partial charge is 0.264 e. The molecule has 1 N–H and O–H groups in total. The maximum absolute atomic E-state index is 13.3. The molecule has 0 aliphatic heterocycles. The molecule has 0 bridgehead atoms. The van der Waals surface area contributed by atoms with Gasteiger partial charge < -0.3 is 0 Å². The Balaban J connectivity index is 1.56. The van der Waals surface area contributed by atoms with Gasteiger partial charge >= 0.3 is 0 Å². The maximum Gasteiger partial charge on any atom is 0.264 e. The second-order valence-corrected chi connectivity index (χ2v) is 9.82. The summed E-state index contributed by atoms with van der Waals surface area (Å²) in [5.41, 5.74) is 3.83. The van der Waals surface area contributed by atoms with Crippen LogP contribution in [0.25, 0.3) is 10.9 Å². The first-order valence-electron chi connectivity index (χ1n) is 10.0. The van der Waals surface area contributed by atoms with Crippen molar-refractivity contribution in [2.75, 3.05) is 10.8 Å². The molecule has 3 aromatic carbocycles. The van der Waals surface area contributed by atoms with E-state index in [-0.39, 0.29) is 15.7 Å². The van der Waals surface area contributed by atoms with E-state index in [1.165, 1.54) is 24.4 Å². The van der Waals surface area contributed by atoms with E-state index in [4.69, 9.17) is 23.2 Å². The summed E-state index contributed by atoms with van der Waals surface area (Å²) in [6.45, 7) is -0.515. The molecule has 34 heavy (non-hydrogen) atoms. The Morgan fingerprint density at radius 1 is 0.971 bits per heavy atom. The van der Waals surface area contributed by atoms with Gasteiger partial charge in [0.25, 0.3) is 15.9 Å². The van der Waals surface area contributed by atoms with Gasteiger partial charge in [-0.15, -0.1) is 0 Å². The molecule has 0 fully saturated rings. The van der Waals surface area contributed by atoms with E-state index in [1.54, 1.807) is 42.5 Å². The summed E-state index contributed by atoms with van der Waals surface area (Å²) < 4.78 is 27.5. The van der Waals surface area contributed by atoms with E-state index in [0.29, 0.717) is 10.6 Å². The standard InChI is InChI=1S/C24H18Cl2N4O3S/c25-19-8-6-9-20(14-19)30(34(32,33)21-10-2-1-3-11-21)16-23(31)29-27-15-18-13-17-7-4-5-12-22(17)28-24(18)26/h1-15H,16H2,(H,29,31)/b27-15-. The normalized spacial score (nSPS) is 11.6. The van der Waals surface area contributed by atoms with E-state index in [0.717, 1.165) is 15.2 Å². The van der Waals surface area contributed by atoms with Crippen LogP contribution in [-0.2, 0) is 14.8 Å². The van der Waals surface area contributed by atoms with Crippen LogP contribution >= 0.6 is 23.2 Å². The molecule has 10 heteroatoms. The number of benzene rings is 3. The predicted octanol–water partition coefficient (Wildman–Crippen LogP) is 4.89. The summed E-state index contributed by atoms with van der Waals surface area (Å²) in [7, 11) is -4.04. The second kappa shape index (κ2) is 10.2. The van der Waals surface area contributed by atoms with Crippen molar-refractivity contribution in [2.45, 2.75) is 4.90 Å². The van der Waals surface area contributed by atoms with Gasteiger partial charge in [0.05, 0.1) is 22.3 Å². The summed E-state index contributed by atoms with van der Waals surface area (Å²) in [5.74, 6) is -0.652. The number of pyridine rings is 1. The molecule has 0 saturated heterocycles. The number of amides is 1. The van der Waals surface area contributed by atoms with Gasteiger partial charge in [0.15, 0.2) is 0 Å². The Kier molecular flexibility index (Phi) is 7.12. The van der Waals surface area contributed by atoms with Crippen LogP contribution in [0.4, 0.5) is 5.69 Å². The first kappa shape index (κ1) is 23.7. The zero-order valence-corrected chi connectivity index (χ0v) is 19.9. The molecule has 1 heterocycles. The molecule has 0 radical (unpaired) electrons. The lowest BCUT2D eigenvalue weighted by Crippen LogP contribution is -2.39. The van der Waals surface area contributed by atoms with Crippen LogP contribution in [0.2, 0.25) is 10.2 Å². The minimum Gasteiger partial charge on any atom is -0.271 e. The van der Waals surface area contributed by atoms with E-state index < -0.39 is 22.5 Å². The average molecular weight is 513 g/mol. The lowest BCUT2D eigenvalue weighted by atomic mass is 10.2. The van der Waals surface area contributed by atoms with Crippen molar-refractivity contribution in [1.29, 1.82) is 0 Å². The third kappa shape index (κ3) is 5.36. The molecule has 0 aliphatic carbocycles. The molecule has 0 atom stereocenters. The van der Waals surface area contributed by atoms with Gasteiger partial charge in [-0.25, -0.2) is 18.8 Å². The molecule has 0 saturated carbocycles. The number of hydrogen-bond acceptors (Lipinski definition) is 5. The number of halogens is 2. The topological polar surface area (TPSA) is 91.7 Å². The zero-order chi connectivity index (χ0) is 24.1. The van der Waals surface area contributed by atoms with Gasteiger partial charge in [0.1, 0.15) is 11.7 Å². The lowest BCUT2D eigenvalue weighted by Gasteiger charge is -2.23. The highest BCUT2D eigenvalue weighted by molar-refractivity contribution is 7.92. The Morgan fingerprint density at radius 2 is 1.71 bits per heavy atom. The molecule has 4 rings (SSSR count). The first-order valence-corrected chi connectivity index (χ1v) is 12.2. The third-order valence-electron chi connectivity index (χ3n) is 4.81. The van der Waals surface area contributed by atoms with Crippen molar-refractivity contribution >= 4 is 61.9 Å². The number of rotatable bonds is 7. The van der Waals surface area contributed by atoms with Crippen LogP contribution < -0.4 is 9.73 Å². The third-order valence-corrected chi connectivity index (χ3v) is 7.14. The number of nitrogens with zero attached hydrogens (tertiary/aromatic N) is 3. The van der Waals surface area contributed by atoms with E-state index >= 15 is 0 Å². The quantitative estimate of drug-likeness (QED) is 0.217. The van der Waals surface area contributed by atoms with Crippen molar-refractivity contribution in [3.8, 4) is 0 Å². The van der Waals surface area contributed by atoms with Crippen LogP contribution in [0.3, 0.4) is 0 Å². The number of nitrogens with one attached hydrogen (secondary N) is 1. The van der Waals surface area contributed by atoms with Gasteiger partial charge in [-0.3, -0.25) is 9.10 Å². The minimum absolute atomic E-state index is 0.0419. The van der Waals surface area contributed by atoms with Crippen molar-refractivity contribution < 1.29 is 13.2 Å². The molecule has 0 aliphatic rings. The number of carbonyl (C=O) groups excluding carboxylic acids is 1. The fourth-order valence-electron chi connectivity index (χ4n) is 3.20. The molecule has 1 aromatic heterocycles. The van der Waals surface area contributed by atoms with Crippen molar-refractivity contribution in [3.63, 3.8) is 0 Å². The Morgan fingerprint density at radius 3 is 2.47 bits per heavy atom. The van der Waals surface area contributed by atoms with E-state index in [9.17, 15) is 13.2 Å². The van der Waals surface area contributed by atoms with Gasteiger partial charge in [-0.1, -0.05) is 65.7 Å². The minimum atomic E-state index is -4.04. The van der Waals surface area contributed by atoms with Gasteiger partial charge in [0.2, 0.25) is 0 Å². The van der Waals surface area contributed by atoms with Crippen LogP contribution in [-0.4, -0.2) is 32.1 Å². The summed E-state index contributed by atoms with van der Waals surface area (Å²) in [6, 6.07) is 23.3. The number of hydrazone groups is 1. The largest absolute Gasteiger partial charge is 0.271 e. The number of hydrogen-bond donors (Lipinski definition) is 1. The van der Waals surface area contributed by atoms with Crippen molar-refractivity contribution in [1.82, 2.24) is 10.4 Å². The fourth-order valence-corrected chi connectivity index (χ4v) is 5.02. The van der Waals surface area contributed by atoms with Gasteiger partial charge in [-0.05, 0) is 42.5 Å². The Hall–Kier alpha value is -3.46. The second-order valence-electron chi connectivity index (χ2n) is 7.16. The molecule has 0 spiro atoms. The Labute approximate surface area is 206 Å². The SMILES string of the molecule is O=C(CN(c1cccc(Cl)c1)S(=O)(=O)c1ccccc1)N/N=C\c1cc2ccccc2nc1Cl. The highest BCUT2D eigenvalue weighted by Crippen LogP contribution is 2.26. The molecular weight excluding hydrogens is 495 g/mol. The van der Waals surface area contributed by atoms with Crippen LogP contribution in [0.1, 0.15) is 5.56 Å². The van der Waals surface area contributed by atoms with Gasteiger partial charge in [0, 0.05) is 16.0 Å². The van der Waals surface area contributed by atoms with Crippen LogP contribution in [0.15, 0.2) is 94.9 Å². The molecule has 7 nitrogen and oxygen atoms in total. The number of para-hydroxylation sites is 1. The van der Waals surface area contributed by atoms with Crippen molar-refractivity contribution in [2.24, 2.45) is 5.10 Å². The summed E-state index contributed by atoms with van der Waals surface area (Å²) in [6.07, 6.45) is 1.36. The molecule has 1 amide bonds. The molecule has 0 unspecified atom stereocenters. The number of carbonyl (C=O) groups is 1. The number of anilines is 1. The lowest BCUT2D eigenvalue weighted by molar-refractivity contribution is -0.119. The van der Waals surface area contributed by atoms with Crippen LogP contribution in [0, 0.1) is 0 Å².